The summed E-state index contributed by atoms with van der Waals surface area (Å²) in [6.07, 6.45) is 3.99. The number of fused-ring (bicyclic) bond motifs is 1. The average molecular weight is 477 g/mol. The predicted octanol–water partition coefficient (Wildman–Crippen LogP) is 4.96. The molecular formula is C26H25ClN4O3. The second kappa shape index (κ2) is 9.75. The summed E-state index contributed by atoms with van der Waals surface area (Å²) in [6, 6.07) is 16.6. The fraction of sp³-hybridized carbons (Fsp3) is 0.231. The van der Waals surface area contributed by atoms with Crippen molar-refractivity contribution in [2.75, 3.05) is 36.5 Å². The van der Waals surface area contributed by atoms with Gasteiger partial charge in [0.1, 0.15) is 18.0 Å². The molecule has 7 nitrogen and oxygen atoms in total. The van der Waals surface area contributed by atoms with Crippen LogP contribution in [0.25, 0.3) is 5.65 Å². The molecular weight excluding hydrogens is 452 g/mol. The third-order valence-electron chi connectivity index (χ3n) is 5.71. The average Bonchev–Trinajstić information content (AvgIpc) is 3.26. The molecule has 3 heterocycles. The van der Waals surface area contributed by atoms with Crippen LogP contribution in [-0.4, -0.2) is 41.6 Å². The lowest BCUT2D eigenvalue weighted by molar-refractivity contribution is 0.102. The van der Waals surface area contributed by atoms with Crippen LogP contribution in [0.2, 0.25) is 5.02 Å². The van der Waals surface area contributed by atoms with Crippen molar-refractivity contribution in [1.82, 2.24) is 9.38 Å². The number of carbonyl (C=O) groups excluding carboxylic acids is 1. The molecule has 8 heteroatoms. The van der Waals surface area contributed by atoms with Gasteiger partial charge in [-0.3, -0.25) is 4.79 Å². The number of nitrogens with zero attached hydrogens (tertiary/aromatic N) is 3. The van der Waals surface area contributed by atoms with Gasteiger partial charge in [-0.05, 0) is 55.0 Å². The lowest BCUT2D eigenvalue weighted by Crippen LogP contribution is -2.37. The molecule has 34 heavy (non-hydrogen) atoms. The van der Waals surface area contributed by atoms with Gasteiger partial charge in [0, 0.05) is 31.0 Å². The maximum atomic E-state index is 12.9. The summed E-state index contributed by atoms with van der Waals surface area (Å²) in [4.78, 5) is 19.6. The summed E-state index contributed by atoms with van der Waals surface area (Å²) < 4.78 is 13.3. The normalized spacial score (nSPS) is 13.8. The number of pyridine rings is 1. The Morgan fingerprint density at radius 3 is 2.68 bits per heavy atom. The minimum atomic E-state index is -0.209. The number of rotatable bonds is 6. The fourth-order valence-electron chi connectivity index (χ4n) is 4.00. The van der Waals surface area contributed by atoms with Crippen molar-refractivity contribution in [2.24, 2.45) is 0 Å². The summed E-state index contributed by atoms with van der Waals surface area (Å²) in [7, 11) is 0. The van der Waals surface area contributed by atoms with E-state index in [1.165, 1.54) is 5.56 Å². The number of halogens is 1. The molecule has 1 fully saturated rings. The molecule has 4 aromatic rings. The molecule has 1 N–H and O–H groups in total. The molecule has 5 rings (SSSR count). The van der Waals surface area contributed by atoms with Gasteiger partial charge < -0.3 is 24.1 Å². The van der Waals surface area contributed by atoms with Crippen LogP contribution in [0.15, 0.2) is 67.0 Å². The van der Waals surface area contributed by atoms with Crippen LogP contribution in [0, 0.1) is 6.92 Å². The lowest BCUT2D eigenvalue weighted by Gasteiger charge is -2.31. The Labute approximate surface area is 202 Å². The van der Waals surface area contributed by atoms with Gasteiger partial charge in [0.15, 0.2) is 0 Å². The Balaban J connectivity index is 1.24. The number of ether oxygens (including phenoxy) is 2. The van der Waals surface area contributed by atoms with Crippen LogP contribution in [-0.2, 0) is 11.3 Å². The van der Waals surface area contributed by atoms with Crippen molar-refractivity contribution in [3.63, 3.8) is 0 Å². The number of imidazole rings is 1. The van der Waals surface area contributed by atoms with Gasteiger partial charge in [0.05, 0.1) is 35.3 Å². The van der Waals surface area contributed by atoms with E-state index in [1.807, 2.05) is 54.0 Å². The number of benzene rings is 2. The number of para-hydroxylation sites is 1. The molecule has 0 atom stereocenters. The van der Waals surface area contributed by atoms with Crippen LogP contribution in [0.1, 0.15) is 21.6 Å². The van der Waals surface area contributed by atoms with Crippen LogP contribution in [0.5, 0.6) is 5.75 Å². The smallest absolute Gasteiger partial charge is 0.255 e. The van der Waals surface area contributed by atoms with E-state index < -0.39 is 0 Å². The highest BCUT2D eigenvalue weighted by Gasteiger charge is 2.19. The second-order valence-electron chi connectivity index (χ2n) is 8.21. The first-order valence-electron chi connectivity index (χ1n) is 11.2. The predicted molar refractivity (Wildman–Crippen MR) is 133 cm³/mol. The zero-order chi connectivity index (χ0) is 23.5. The maximum absolute atomic E-state index is 12.9. The third kappa shape index (κ3) is 4.85. The van der Waals surface area contributed by atoms with Gasteiger partial charge in [-0.15, -0.1) is 0 Å². The zero-order valence-corrected chi connectivity index (χ0v) is 19.6. The second-order valence-corrected chi connectivity index (χ2v) is 8.61. The Morgan fingerprint density at radius 1 is 1.09 bits per heavy atom. The van der Waals surface area contributed by atoms with Crippen LogP contribution >= 0.6 is 11.6 Å². The minimum absolute atomic E-state index is 0.209. The van der Waals surface area contributed by atoms with Gasteiger partial charge in [-0.1, -0.05) is 23.7 Å². The standard InChI is InChI=1S/C26H25ClN4O3/c1-18-5-10-24-28-20(16-31(24)15-18)17-34-21-8-6-19(7-9-21)26(32)29-23-4-2-3-22(27)25(23)30-11-13-33-14-12-30/h2-10,15-16H,11-14,17H2,1H3,(H,29,32). The van der Waals surface area contributed by atoms with Crippen molar-refractivity contribution in [3.05, 3.63) is 88.8 Å². The van der Waals surface area contributed by atoms with Crippen molar-refractivity contribution < 1.29 is 14.3 Å². The van der Waals surface area contributed by atoms with Gasteiger partial charge in [0.2, 0.25) is 0 Å². The fourth-order valence-corrected chi connectivity index (χ4v) is 4.30. The monoisotopic (exact) mass is 476 g/mol. The minimum Gasteiger partial charge on any atom is -0.487 e. The van der Waals surface area contributed by atoms with Gasteiger partial charge in [-0.2, -0.15) is 0 Å². The van der Waals surface area contributed by atoms with E-state index in [1.54, 1.807) is 24.3 Å². The molecule has 174 valence electrons. The number of aromatic nitrogens is 2. The van der Waals surface area contributed by atoms with E-state index in [9.17, 15) is 4.79 Å². The van der Waals surface area contributed by atoms with Crippen LogP contribution in [0.3, 0.4) is 0 Å². The molecule has 0 saturated carbocycles. The molecule has 1 amide bonds. The molecule has 1 aliphatic heterocycles. The molecule has 0 aliphatic carbocycles. The topological polar surface area (TPSA) is 68.1 Å². The first-order valence-corrected chi connectivity index (χ1v) is 11.5. The number of hydrogen-bond donors (Lipinski definition) is 1. The van der Waals surface area contributed by atoms with Crippen molar-refractivity contribution in [3.8, 4) is 5.75 Å². The Morgan fingerprint density at radius 2 is 1.88 bits per heavy atom. The van der Waals surface area contributed by atoms with Crippen molar-refractivity contribution in [2.45, 2.75) is 13.5 Å². The molecule has 0 bridgehead atoms. The molecule has 0 unspecified atom stereocenters. The summed E-state index contributed by atoms with van der Waals surface area (Å²) in [5.41, 5.74) is 4.92. The number of anilines is 2. The van der Waals surface area contributed by atoms with Gasteiger partial charge in [-0.25, -0.2) is 4.98 Å². The number of nitrogens with one attached hydrogen (secondary N) is 1. The van der Waals surface area contributed by atoms with Gasteiger partial charge in [0.25, 0.3) is 5.91 Å². The first-order chi connectivity index (χ1) is 16.6. The number of carbonyl (C=O) groups is 1. The largest absolute Gasteiger partial charge is 0.487 e. The molecule has 1 saturated heterocycles. The van der Waals surface area contributed by atoms with Crippen molar-refractivity contribution in [1.29, 1.82) is 0 Å². The number of hydrogen-bond acceptors (Lipinski definition) is 5. The molecule has 1 aliphatic rings. The summed E-state index contributed by atoms with van der Waals surface area (Å²) in [6.45, 7) is 5.11. The first kappa shape index (κ1) is 22.3. The highest BCUT2D eigenvalue weighted by atomic mass is 35.5. The number of morpholine rings is 1. The Kier molecular flexibility index (Phi) is 6.38. The molecule has 0 spiro atoms. The van der Waals surface area contributed by atoms with E-state index in [2.05, 4.69) is 15.2 Å². The van der Waals surface area contributed by atoms with Crippen LogP contribution in [0.4, 0.5) is 11.4 Å². The summed E-state index contributed by atoms with van der Waals surface area (Å²) in [5, 5.41) is 3.60. The van der Waals surface area contributed by atoms with E-state index in [-0.39, 0.29) is 5.91 Å². The maximum Gasteiger partial charge on any atom is 0.255 e. The summed E-state index contributed by atoms with van der Waals surface area (Å²) in [5.74, 6) is 0.459. The highest BCUT2D eigenvalue weighted by Crippen LogP contribution is 2.34. The molecule has 0 radical (unpaired) electrons. The van der Waals surface area contributed by atoms with Crippen LogP contribution < -0.4 is 15.0 Å². The quantitative estimate of drug-likeness (QED) is 0.426. The van der Waals surface area contributed by atoms with E-state index in [0.29, 0.717) is 41.8 Å². The number of aryl methyl sites for hydroxylation is 1. The SMILES string of the molecule is Cc1ccc2nc(COc3ccc(C(=O)Nc4cccc(Cl)c4N4CCOCC4)cc3)cn2c1. The third-order valence-corrected chi connectivity index (χ3v) is 6.02. The zero-order valence-electron chi connectivity index (χ0n) is 18.8. The van der Waals surface area contributed by atoms with Crippen molar-refractivity contribution >= 4 is 34.5 Å². The lowest BCUT2D eigenvalue weighted by atomic mass is 10.1. The molecule has 2 aromatic heterocycles. The number of amides is 1. The van der Waals surface area contributed by atoms with E-state index in [4.69, 9.17) is 21.1 Å². The highest BCUT2D eigenvalue weighted by molar-refractivity contribution is 6.34. The summed E-state index contributed by atoms with van der Waals surface area (Å²) >= 11 is 6.47. The van der Waals surface area contributed by atoms with Gasteiger partial charge >= 0.3 is 0 Å². The molecule has 2 aromatic carbocycles. The Bertz CT molecular complexity index is 1310. The van der Waals surface area contributed by atoms with E-state index >= 15 is 0 Å². The Hall–Kier alpha value is -3.55. The van der Waals surface area contributed by atoms with E-state index in [0.717, 1.165) is 30.1 Å².